The van der Waals surface area contributed by atoms with Gasteiger partial charge in [-0.2, -0.15) is 0 Å². The maximum atomic E-state index is 8.41. The van der Waals surface area contributed by atoms with Crippen LogP contribution in [-0.2, 0) is 6.61 Å². The molecule has 4 heteroatoms. The fraction of sp³-hybridized carbons (Fsp3) is 0.0526. The first kappa shape index (κ1) is 14.7. The average molecular weight is 301 g/mol. The van der Waals surface area contributed by atoms with Gasteiger partial charge in [0, 0.05) is 10.6 Å². The molecule has 3 aromatic rings. The third-order valence-electron chi connectivity index (χ3n) is 3.46. The van der Waals surface area contributed by atoms with E-state index in [9.17, 15) is 0 Å². The minimum absolute atomic E-state index is 0.557. The summed E-state index contributed by atoms with van der Waals surface area (Å²) >= 11 is 0. The molecule has 0 fully saturated rings. The van der Waals surface area contributed by atoms with Gasteiger partial charge in [-0.1, -0.05) is 71.8 Å². The Labute approximate surface area is 134 Å². The second-order valence-electron chi connectivity index (χ2n) is 5.03. The minimum Gasteiger partial charge on any atom is -0.489 e. The zero-order valence-electron chi connectivity index (χ0n) is 12.5. The molecule has 0 radical (unpaired) electrons. The van der Waals surface area contributed by atoms with E-state index in [4.69, 9.17) is 10.3 Å². The number of ether oxygens (including phenoxy) is 1. The molecule has 0 aromatic heterocycles. The highest BCUT2D eigenvalue weighted by atomic mass is 16.5. The smallest absolute Gasteiger partial charge is 0.119 e. The summed E-state index contributed by atoms with van der Waals surface area (Å²) in [7, 11) is 0. The van der Waals surface area contributed by atoms with E-state index in [-0.39, 0.29) is 0 Å². The Bertz CT molecular complexity index is 805. The summed E-state index contributed by atoms with van der Waals surface area (Å²) in [5, 5.41) is 3.57. The molecule has 0 spiro atoms. The zero-order chi connectivity index (χ0) is 15.9. The molecule has 0 aliphatic carbocycles. The van der Waals surface area contributed by atoms with Gasteiger partial charge in [-0.25, -0.2) is 0 Å². The van der Waals surface area contributed by atoms with Crippen molar-refractivity contribution in [1.82, 2.24) is 0 Å². The molecule has 0 N–H and O–H groups in total. The molecule has 0 saturated carbocycles. The van der Waals surface area contributed by atoms with Crippen LogP contribution in [0.3, 0.4) is 0 Å². The van der Waals surface area contributed by atoms with Crippen molar-refractivity contribution in [2.24, 2.45) is 5.11 Å². The normalized spacial score (nSPS) is 9.91. The van der Waals surface area contributed by atoms with E-state index in [1.165, 1.54) is 0 Å². The van der Waals surface area contributed by atoms with E-state index in [0.29, 0.717) is 12.3 Å². The molecule has 0 saturated heterocycles. The van der Waals surface area contributed by atoms with Crippen LogP contribution in [0.25, 0.3) is 21.6 Å². The first-order valence-corrected chi connectivity index (χ1v) is 7.27. The number of nitrogens with zero attached hydrogens (tertiary/aromatic N) is 3. The van der Waals surface area contributed by atoms with Crippen molar-refractivity contribution < 1.29 is 4.74 Å². The van der Waals surface area contributed by atoms with Crippen LogP contribution in [0, 0.1) is 0 Å². The molecule has 0 amide bonds. The predicted octanol–water partition coefficient (Wildman–Crippen LogP) is 5.87. The average Bonchev–Trinajstić information content (AvgIpc) is 2.62. The van der Waals surface area contributed by atoms with Crippen LogP contribution in [0.2, 0.25) is 0 Å². The SMILES string of the molecule is [N-]=[N+]=Nc1ccc(-c2ccc(OCc3ccccc3)cc2)cc1. The molecule has 0 aliphatic rings. The van der Waals surface area contributed by atoms with Gasteiger partial charge in [0.2, 0.25) is 0 Å². The fourth-order valence-electron chi connectivity index (χ4n) is 2.26. The number of azide groups is 1. The van der Waals surface area contributed by atoms with Crippen molar-refractivity contribution in [2.45, 2.75) is 6.61 Å². The van der Waals surface area contributed by atoms with Crippen LogP contribution in [0.5, 0.6) is 5.75 Å². The van der Waals surface area contributed by atoms with Gasteiger partial charge in [-0.15, -0.1) is 0 Å². The lowest BCUT2D eigenvalue weighted by Gasteiger charge is -2.08. The molecule has 4 nitrogen and oxygen atoms in total. The summed E-state index contributed by atoms with van der Waals surface area (Å²) < 4.78 is 5.78. The molecule has 3 aromatic carbocycles. The number of rotatable bonds is 5. The molecule has 0 atom stereocenters. The van der Waals surface area contributed by atoms with Gasteiger partial charge in [0.15, 0.2) is 0 Å². The molecular weight excluding hydrogens is 286 g/mol. The van der Waals surface area contributed by atoms with Crippen molar-refractivity contribution in [3.8, 4) is 16.9 Å². The number of benzene rings is 3. The summed E-state index contributed by atoms with van der Waals surface area (Å²) in [4.78, 5) is 2.77. The van der Waals surface area contributed by atoms with Gasteiger partial charge in [0.1, 0.15) is 12.4 Å². The second kappa shape index (κ2) is 7.16. The van der Waals surface area contributed by atoms with Gasteiger partial charge >= 0.3 is 0 Å². The van der Waals surface area contributed by atoms with E-state index in [0.717, 1.165) is 22.4 Å². The Kier molecular flexibility index (Phi) is 4.58. The molecule has 23 heavy (non-hydrogen) atoms. The van der Waals surface area contributed by atoms with Crippen LogP contribution in [-0.4, -0.2) is 0 Å². The third kappa shape index (κ3) is 3.90. The van der Waals surface area contributed by atoms with E-state index in [1.807, 2.05) is 66.7 Å². The minimum atomic E-state index is 0.557. The van der Waals surface area contributed by atoms with Crippen molar-refractivity contribution >= 4 is 5.69 Å². The Morgan fingerprint density at radius 3 is 2.00 bits per heavy atom. The van der Waals surface area contributed by atoms with Gasteiger partial charge in [-0.3, -0.25) is 0 Å². The molecule has 0 aliphatic heterocycles. The lowest BCUT2D eigenvalue weighted by Crippen LogP contribution is -1.94. The molecule has 0 unspecified atom stereocenters. The predicted molar refractivity (Wildman–Crippen MR) is 91.5 cm³/mol. The Hall–Kier alpha value is -3.23. The van der Waals surface area contributed by atoms with Crippen molar-refractivity contribution in [3.63, 3.8) is 0 Å². The van der Waals surface area contributed by atoms with E-state index in [1.54, 1.807) is 12.1 Å². The molecular formula is C19H15N3O. The quantitative estimate of drug-likeness (QED) is 0.330. The molecule has 112 valence electrons. The van der Waals surface area contributed by atoms with Crippen LogP contribution < -0.4 is 4.74 Å². The maximum Gasteiger partial charge on any atom is 0.119 e. The number of hydrogen-bond acceptors (Lipinski definition) is 2. The van der Waals surface area contributed by atoms with E-state index < -0.39 is 0 Å². The highest BCUT2D eigenvalue weighted by Gasteiger charge is 2.00. The summed E-state index contributed by atoms with van der Waals surface area (Å²) in [6.45, 7) is 0.557. The van der Waals surface area contributed by atoms with Gasteiger partial charge in [0.25, 0.3) is 0 Å². The fourth-order valence-corrected chi connectivity index (χ4v) is 2.26. The first-order valence-electron chi connectivity index (χ1n) is 7.27. The molecule has 3 rings (SSSR count). The molecule has 0 heterocycles. The number of hydrogen-bond donors (Lipinski definition) is 0. The summed E-state index contributed by atoms with van der Waals surface area (Å²) in [6, 6.07) is 25.5. The monoisotopic (exact) mass is 301 g/mol. The third-order valence-corrected chi connectivity index (χ3v) is 3.46. The highest BCUT2D eigenvalue weighted by Crippen LogP contribution is 2.25. The zero-order valence-corrected chi connectivity index (χ0v) is 12.5. The van der Waals surface area contributed by atoms with Crippen LogP contribution >= 0.6 is 0 Å². The lowest BCUT2D eigenvalue weighted by atomic mass is 10.1. The Balaban J connectivity index is 1.68. The maximum absolute atomic E-state index is 8.41. The topological polar surface area (TPSA) is 58.0 Å². The van der Waals surface area contributed by atoms with Crippen molar-refractivity contribution in [1.29, 1.82) is 0 Å². The van der Waals surface area contributed by atoms with Crippen molar-refractivity contribution in [2.75, 3.05) is 0 Å². The largest absolute Gasteiger partial charge is 0.489 e. The summed E-state index contributed by atoms with van der Waals surface area (Å²) in [5.74, 6) is 0.836. The van der Waals surface area contributed by atoms with Crippen LogP contribution in [0.4, 0.5) is 5.69 Å². The van der Waals surface area contributed by atoms with Crippen molar-refractivity contribution in [3.05, 3.63) is 94.9 Å². The molecule has 0 bridgehead atoms. The second-order valence-corrected chi connectivity index (χ2v) is 5.03. The van der Waals surface area contributed by atoms with Crippen LogP contribution in [0.15, 0.2) is 84.0 Å². The van der Waals surface area contributed by atoms with Gasteiger partial charge in [-0.05, 0) is 34.4 Å². The van der Waals surface area contributed by atoms with Gasteiger partial charge in [0.05, 0.1) is 0 Å². The lowest BCUT2D eigenvalue weighted by molar-refractivity contribution is 0.306. The van der Waals surface area contributed by atoms with E-state index in [2.05, 4.69) is 10.0 Å². The summed E-state index contributed by atoms with van der Waals surface area (Å²) in [6.07, 6.45) is 0. The standard InChI is InChI=1S/C19H15N3O/c20-22-21-18-10-6-16(7-11-18)17-8-12-19(13-9-17)23-14-15-4-2-1-3-5-15/h1-13H,14H2. The van der Waals surface area contributed by atoms with Crippen LogP contribution in [0.1, 0.15) is 5.56 Å². The Morgan fingerprint density at radius 1 is 0.783 bits per heavy atom. The Morgan fingerprint density at radius 2 is 1.39 bits per heavy atom. The first-order chi connectivity index (χ1) is 11.3. The highest BCUT2D eigenvalue weighted by molar-refractivity contribution is 5.66. The van der Waals surface area contributed by atoms with Gasteiger partial charge < -0.3 is 4.74 Å². The summed E-state index contributed by atoms with van der Waals surface area (Å²) in [5.41, 5.74) is 12.3. The van der Waals surface area contributed by atoms with E-state index >= 15 is 0 Å².